The molecule has 0 radical (unpaired) electrons. The summed E-state index contributed by atoms with van der Waals surface area (Å²) >= 11 is 3.13. The van der Waals surface area contributed by atoms with Crippen LogP contribution in [0.2, 0.25) is 0 Å². The van der Waals surface area contributed by atoms with Crippen LogP contribution in [0.5, 0.6) is 0 Å². The zero-order valence-corrected chi connectivity index (χ0v) is 26.4. The molecule has 46 heavy (non-hydrogen) atoms. The van der Waals surface area contributed by atoms with Crippen LogP contribution in [0.25, 0.3) is 0 Å². The van der Waals surface area contributed by atoms with Crippen LogP contribution in [-0.2, 0) is 4.79 Å². The first-order valence-corrected chi connectivity index (χ1v) is 16.8. The molecule has 2 N–H and O–H groups in total. The molecule has 1 aliphatic heterocycles. The maximum Gasteiger partial charge on any atom is 0.326 e. The maximum atomic E-state index is 13.8. The molecule has 3 atom stereocenters. The number of carbonyl (C=O) groups is 4. The minimum atomic E-state index is -0.491. The second-order valence-corrected chi connectivity index (χ2v) is 13.6. The Hall–Kier alpha value is -4.86. The van der Waals surface area contributed by atoms with Gasteiger partial charge in [0.05, 0.1) is 33.5 Å². The van der Waals surface area contributed by atoms with Crippen LogP contribution >= 0.6 is 23.5 Å². The molecule has 0 spiro atoms. The Kier molecular flexibility index (Phi) is 8.11. The Bertz CT molecular complexity index is 1970. The summed E-state index contributed by atoms with van der Waals surface area (Å²) < 4.78 is 0. The zero-order chi connectivity index (χ0) is 31.8. The highest BCUT2D eigenvalue weighted by Gasteiger charge is 2.37. The first-order valence-electron chi connectivity index (χ1n) is 15.0. The molecule has 0 aromatic heterocycles. The largest absolute Gasteiger partial charge is 0.326 e. The number of urea groups is 1. The van der Waals surface area contributed by atoms with Gasteiger partial charge in [0.1, 0.15) is 0 Å². The van der Waals surface area contributed by atoms with Crippen LogP contribution in [-0.4, -0.2) is 40.0 Å². The lowest BCUT2D eigenvalue weighted by Gasteiger charge is -2.40. The van der Waals surface area contributed by atoms with E-state index in [0.717, 1.165) is 15.5 Å². The van der Waals surface area contributed by atoms with Crippen LogP contribution in [0.3, 0.4) is 0 Å². The average molecular weight is 644 g/mol. The molecule has 4 aromatic rings. The van der Waals surface area contributed by atoms with E-state index in [1.54, 1.807) is 54.2 Å². The summed E-state index contributed by atoms with van der Waals surface area (Å²) in [5, 5.41) is 5.63. The van der Waals surface area contributed by atoms with Gasteiger partial charge in [0.15, 0.2) is 11.6 Å². The second-order valence-electron chi connectivity index (χ2n) is 11.1. The molecule has 3 amide bonds. The molecule has 0 saturated heterocycles. The lowest BCUT2D eigenvalue weighted by molar-refractivity contribution is -0.115. The third kappa shape index (κ3) is 5.46. The lowest BCUT2D eigenvalue weighted by atomic mass is 9.83. The Morgan fingerprint density at radius 2 is 1.54 bits per heavy atom. The summed E-state index contributed by atoms with van der Waals surface area (Å²) in [7, 11) is 0. The fourth-order valence-corrected chi connectivity index (χ4v) is 8.28. The number of nitrogens with zero attached hydrogens (tertiary/aromatic N) is 1. The predicted molar refractivity (Wildman–Crippen MR) is 184 cm³/mol. The van der Waals surface area contributed by atoms with E-state index >= 15 is 0 Å². The molecule has 0 fully saturated rings. The molecule has 3 unspecified atom stereocenters. The first kappa shape index (κ1) is 29.8. The number of ketones is 2. The van der Waals surface area contributed by atoms with Crippen LogP contribution < -0.4 is 15.5 Å². The molecule has 9 heteroatoms. The van der Waals surface area contributed by atoms with E-state index in [9.17, 15) is 19.2 Å². The van der Waals surface area contributed by atoms with E-state index < -0.39 is 5.25 Å². The fraction of sp³-hybridized carbons (Fsp3) is 0.135. The smallest absolute Gasteiger partial charge is 0.324 e. The van der Waals surface area contributed by atoms with E-state index in [1.807, 2.05) is 72.5 Å². The van der Waals surface area contributed by atoms with E-state index in [1.165, 1.54) is 11.8 Å². The van der Waals surface area contributed by atoms with Gasteiger partial charge in [0, 0.05) is 32.2 Å². The van der Waals surface area contributed by atoms with E-state index in [2.05, 4.69) is 22.8 Å². The maximum absolute atomic E-state index is 13.8. The van der Waals surface area contributed by atoms with Crippen molar-refractivity contribution in [1.82, 2.24) is 0 Å². The molecular formula is C37H29N3O4S2. The standard InChI is InChI=1S/C37H29N3O4S2/c1-2-30(36(43)39-27-16-10-15-26-33(27)35(42)25-14-4-3-13-24(25)34(26)41)45-23-12-9-11-22(21-23)38-37(44)40-28-17-5-7-19-31(28)46-32-20-8-6-18-29(32)40/h3-21,28,30-31H,2H2,1H3,(H,38,44)(H,39,43). The number of hydrogen-bond acceptors (Lipinski definition) is 6. The number of allylic oxidation sites excluding steroid dienone is 2. The summed E-state index contributed by atoms with van der Waals surface area (Å²) in [4.78, 5) is 57.6. The molecule has 7 nitrogen and oxygen atoms in total. The zero-order valence-electron chi connectivity index (χ0n) is 24.8. The molecule has 3 aliphatic rings. The highest BCUT2D eigenvalue weighted by Crippen LogP contribution is 2.44. The van der Waals surface area contributed by atoms with E-state index in [-0.39, 0.29) is 45.9 Å². The van der Waals surface area contributed by atoms with Gasteiger partial charge in [0.25, 0.3) is 0 Å². The third-order valence-corrected chi connectivity index (χ3v) is 10.9. The molecule has 7 rings (SSSR count). The number of nitrogens with one attached hydrogen (secondary N) is 2. The van der Waals surface area contributed by atoms with Crippen LogP contribution in [0.1, 0.15) is 45.2 Å². The van der Waals surface area contributed by atoms with Crippen molar-refractivity contribution in [3.63, 3.8) is 0 Å². The Labute approximate surface area is 275 Å². The number of fused-ring (bicyclic) bond motifs is 4. The highest BCUT2D eigenvalue weighted by molar-refractivity contribution is 8.00. The van der Waals surface area contributed by atoms with Crippen molar-refractivity contribution in [3.8, 4) is 0 Å². The van der Waals surface area contributed by atoms with Gasteiger partial charge in [-0.2, -0.15) is 0 Å². The van der Waals surface area contributed by atoms with Crippen LogP contribution in [0, 0.1) is 0 Å². The quantitative estimate of drug-likeness (QED) is 0.182. The third-order valence-electron chi connectivity index (χ3n) is 8.20. The van der Waals surface area contributed by atoms with E-state index in [0.29, 0.717) is 28.9 Å². The highest BCUT2D eigenvalue weighted by atomic mass is 32.2. The topological polar surface area (TPSA) is 95.6 Å². The van der Waals surface area contributed by atoms with Crippen molar-refractivity contribution < 1.29 is 19.2 Å². The normalized spacial score (nSPS) is 18.2. The van der Waals surface area contributed by atoms with Crippen molar-refractivity contribution >= 4 is 64.1 Å². The first-order chi connectivity index (χ1) is 22.4. The minimum absolute atomic E-state index is 0.116. The summed E-state index contributed by atoms with van der Waals surface area (Å²) in [6.07, 6.45) is 8.68. The van der Waals surface area contributed by atoms with Gasteiger partial charge in [-0.25, -0.2) is 4.79 Å². The van der Waals surface area contributed by atoms with Gasteiger partial charge >= 0.3 is 6.03 Å². The average Bonchev–Trinajstić information content (AvgIpc) is 3.08. The van der Waals surface area contributed by atoms with Gasteiger partial charge in [-0.1, -0.05) is 85.8 Å². The number of rotatable bonds is 6. The minimum Gasteiger partial charge on any atom is -0.324 e. The van der Waals surface area contributed by atoms with Gasteiger partial charge in [-0.05, 0) is 42.8 Å². The van der Waals surface area contributed by atoms with Gasteiger partial charge in [0.2, 0.25) is 5.91 Å². The number of anilines is 3. The van der Waals surface area contributed by atoms with Crippen molar-refractivity contribution in [2.24, 2.45) is 0 Å². The number of amides is 3. The Morgan fingerprint density at radius 3 is 2.37 bits per heavy atom. The fourth-order valence-electron chi connectivity index (χ4n) is 6.00. The summed E-state index contributed by atoms with van der Waals surface area (Å²) in [5.74, 6) is -0.800. The SMILES string of the molecule is CCC(Sc1cccc(NC(=O)N2c3ccccc3SC3C=CC=CC32)c1)C(=O)Nc1cccc2c1C(=O)c1ccccc1C2=O. The molecule has 228 valence electrons. The summed E-state index contributed by atoms with van der Waals surface area (Å²) in [6, 6.07) is 26.7. The van der Waals surface area contributed by atoms with Gasteiger partial charge in [-0.15, -0.1) is 23.5 Å². The van der Waals surface area contributed by atoms with Crippen molar-refractivity contribution in [2.45, 2.75) is 39.7 Å². The van der Waals surface area contributed by atoms with Crippen molar-refractivity contribution in [3.05, 3.63) is 138 Å². The van der Waals surface area contributed by atoms with E-state index in [4.69, 9.17) is 0 Å². The molecular weight excluding hydrogens is 615 g/mol. The predicted octanol–water partition coefficient (Wildman–Crippen LogP) is 7.98. The lowest BCUT2D eigenvalue weighted by Crippen LogP contribution is -2.49. The Morgan fingerprint density at radius 1 is 0.826 bits per heavy atom. The monoisotopic (exact) mass is 643 g/mol. The van der Waals surface area contributed by atoms with Crippen LogP contribution in [0.15, 0.2) is 125 Å². The van der Waals surface area contributed by atoms with Gasteiger partial charge in [-0.3, -0.25) is 19.3 Å². The molecule has 1 heterocycles. The number of carbonyl (C=O) groups excluding carboxylic acids is 4. The number of thioether (sulfide) groups is 2. The molecule has 2 aliphatic carbocycles. The molecule has 0 saturated carbocycles. The summed E-state index contributed by atoms with van der Waals surface area (Å²) in [5.41, 5.74) is 3.01. The summed E-state index contributed by atoms with van der Waals surface area (Å²) in [6.45, 7) is 1.92. The van der Waals surface area contributed by atoms with Gasteiger partial charge < -0.3 is 10.6 Å². The second kappa shape index (κ2) is 12.5. The molecule has 4 aromatic carbocycles. The number of para-hydroxylation sites is 1. The van der Waals surface area contributed by atoms with Crippen molar-refractivity contribution in [2.75, 3.05) is 15.5 Å². The number of benzene rings is 4. The van der Waals surface area contributed by atoms with Crippen LogP contribution in [0.4, 0.5) is 21.9 Å². The van der Waals surface area contributed by atoms with Crippen molar-refractivity contribution in [1.29, 1.82) is 0 Å². The Balaban J connectivity index is 1.08. The molecule has 0 bridgehead atoms. The number of hydrogen-bond donors (Lipinski definition) is 2.